The van der Waals surface area contributed by atoms with Gasteiger partial charge in [0.15, 0.2) is 11.6 Å². The maximum Gasteiger partial charge on any atom is 0.255 e. The highest BCUT2D eigenvalue weighted by molar-refractivity contribution is 6.04. The molecule has 0 saturated carbocycles. The number of benzene rings is 2. The Bertz CT molecular complexity index is 775. The number of piperazine rings is 1. The molecule has 1 amide bonds. The summed E-state index contributed by atoms with van der Waals surface area (Å²) in [5, 5.41) is 2.70. The van der Waals surface area contributed by atoms with Gasteiger partial charge in [-0.25, -0.2) is 8.78 Å². The molecule has 0 radical (unpaired) electrons. The minimum atomic E-state index is -1.04. The summed E-state index contributed by atoms with van der Waals surface area (Å²) in [5.41, 5.74) is 1.77. The second-order valence-corrected chi connectivity index (χ2v) is 6.45. The van der Waals surface area contributed by atoms with E-state index in [0.29, 0.717) is 5.69 Å². The molecule has 144 valence electrons. The fraction of sp³-hybridized carbons (Fsp3) is 0.350. The number of rotatable bonds is 6. The summed E-state index contributed by atoms with van der Waals surface area (Å²) >= 11 is 0. The third-order valence-electron chi connectivity index (χ3n) is 4.66. The molecule has 0 unspecified atom stereocenters. The van der Waals surface area contributed by atoms with Crippen molar-refractivity contribution in [2.24, 2.45) is 0 Å². The smallest absolute Gasteiger partial charge is 0.255 e. The molecule has 2 aromatic carbocycles. The van der Waals surface area contributed by atoms with Crippen LogP contribution in [0.2, 0.25) is 0 Å². The lowest BCUT2D eigenvalue weighted by Gasteiger charge is -2.36. The van der Waals surface area contributed by atoms with Crippen LogP contribution in [0.3, 0.4) is 0 Å². The zero-order valence-electron chi connectivity index (χ0n) is 15.3. The van der Waals surface area contributed by atoms with Crippen LogP contribution in [0.15, 0.2) is 42.5 Å². The number of ether oxygens (including phenoxy) is 1. The average molecular weight is 375 g/mol. The zero-order valence-corrected chi connectivity index (χ0v) is 15.3. The van der Waals surface area contributed by atoms with Gasteiger partial charge in [0, 0.05) is 56.8 Å². The molecule has 0 aliphatic carbocycles. The first-order valence-electron chi connectivity index (χ1n) is 8.89. The van der Waals surface area contributed by atoms with Gasteiger partial charge in [-0.3, -0.25) is 9.69 Å². The van der Waals surface area contributed by atoms with Crippen LogP contribution in [0.4, 0.5) is 20.2 Å². The fourth-order valence-electron chi connectivity index (χ4n) is 3.05. The summed E-state index contributed by atoms with van der Waals surface area (Å²) in [6.45, 7) is 5.52. The number of carbonyl (C=O) groups is 1. The molecule has 1 heterocycles. The Morgan fingerprint density at radius 2 is 1.74 bits per heavy atom. The lowest BCUT2D eigenvalue weighted by molar-refractivity contribution is 0.102. The van der Waals surface area contributed by atoms with Gasteiger partial charge in [-0.15, -0.1) is 0 Å². The largest absolute Gasteiger partial charge is 0.383 e. The van der Waals surface area contributed by atoms with E-state index in [1.54, 1.807) is 7.11 Å². The SMILES string of the molecule is COCCN1CCN(c2ccc(NC(=O)c3ccc(F)c(F)c3)cc2)CC1. The van der Waals surface area contributed by atoms with E-state index in [-0.39, 0.29) is 5.56 Å². The van der Waals surface area contributed by atoms with Crippen LogP contribution in [0.1, 0.15) is 10.4 Å². The van der Waals surface area contributed by atoms with Gasteiger partial charge in [-0.1, -0.05) is 0 Å². The van der Waals surface area contributed by atoms with Gasteiger partial charge in [0.2, 0.25) is 0 Å². The van der Waals surface area contributed by atoms with Crippen molar-refractivity contribution >= 4 is 17.3 Å². The average Bonchev–Trinajstić information content (AvgIpc) is 2.69. The molecule has 27 heavy (non-hydrogen) atoms. The Kier molecular flexibility index (Phi) is 6.36. The Morgan fingerprint density at radius 3 is 2.37 bits per heavy atom. The van der Waals surface area contributed by atoms with E-state index in [2.05, 4.69) is 15.1 Å². The molecule has 1 fully saturated rings. The molecule has 0 atom stereocenters. The summed E-state index contributed by atoms with van der Waals surface area (Å²) in [6.07, 6.45) is 0. The number of anilines is 2. The third kappa shape index (κ3) is 5.02. The first-order chi connectivity index (χ1) is 13.1. The van der Waals surface area contributed by atoms with E-state index < -0.39 is 17.5 Å². The number of halogens is 2. The Morgan fingerprint density at radius 1 is 1.04 bits per heavy atom. The normalized spacial score (nSPS) is 15.0. The number of amides is 1. The highest BCUT2D eigenvalue weighted by atomic mass is 19.2. The van der Waals surface area contributed by atoms with E-state index in [1.165, 1.54) is 6.07 Å². The second-order valence-electron chi connectivity index (χ2n) is 6.45. The minimum absolute atomic E-state index is 0.0742. The van der Waals surface area contributed by atoms with Crippen LogP contribution in [0, 0.1) is 11.6 Å². The van der Waals surface area contributed by atoms with Crippen molar-refractivity contribution in [1.29, 1.82) is 0 Å². The van der Waals surface area contributed by atoms with E-state index >= 15 is 0 Å². The maximum atomic E-state index is 13.3. The van der Waals surface area contributed by atoms with Crippen molar-refractivity contribution in [2.75, 3.05) is 56.7 Å². The van der Waals surface area contributed by atoms with Gasteiger partial charge in [-0.2, -0.15) is 0 Å². The van der Waals surface area contributed by atoms with Crippen LogP contribution in [0.5, 0.6) is 0 Å². The number of hydrogen-bond acceptors (Lipinski definition) is 4. The van der Waals surface area contributed by atoms with E-state index in [0.717, 1.165) is 57.2 Å². The van der Waals surface area contributed by atoms with Crippen molar-refractivity contribution in [3.63, 3.8) is 0 Å². The molecule has 0 bridgehead atoms. The molecule has 0 spiro atoms. The molecule has 7 heteroatoms. The topological polar surface area (TPSA) is 44.8 Å². The highest BCUT2D eigenvalue weighted by Crippen LogP contribution is 2.20. The number of nitrogens with zero attached hydrogens (tertiary/aromatic N) is 2. The van der Waals surface area contributed by atoms with Crippen LogP contribution in [-0.4, -0.2) is 57.2 Å². The Hall–Kier alpha value is -2.51. The summed E-state index contributed by atoms with van der Waals surface area (Å²) in [6, 6.07) is 10.6. The fourth-order valence-corrected chi connectivity index (χ4v) is 3.05. The summed E-state index contributed by atoms with van der Waals surface area (Å²) < 4.78 is 31.4. The van der Waals surface area contributed by atoms with Crippen LogP contribution in [-0.2, 0) is 4.74 Å². The van der Waals surface area contributed by atoms with Crippen LogP contribution < -0.4 is 10.2 Å². The second kappa shape index (κ2) is 8.92. The van der Waals surface area contributed by atoms with Gasteiger partial charge in [0.25, 0.3) is 5.91 Å². The predicted molar refractivity (Wildman–Crippen MR) is 101 cm³/mol. The molecular formula is C20H23F2N3O2. The summed E-state index contributed by atoms with van der Waals surface area (Å²) in [5.74, 6) is -2.49. The van der Waals surface area contributed by atoms with Gasteiger partial charge < -0.3 is 15.0 Å². The lowest BCUT2D eigenvalue weighted by Crippen LogP contribution is -2.47. The third-order valence-corrected chi connectivity index (χ3v) is 4.66. The number of nitrogens with one attached hydrogen (secondary N) is 1. The van der Waals surface area contributed by atoms with Gasteiger partial charge in [0.1, 0.15) is 0 Å². The monoisotopic (exact) mass is 375 g/mol. The summed E-state index contributed by atoms with van der Waals surface area (Å²) in [7, 11) is 1.71. The van der Waals surface area contributed by atoms with Crippen molar-refractivity contribution in [3.8, 4) is 0 Å². The quantitative estimate of drug-likeness (QED) is 0.843. The molecule has 0 aromatic heterocycles. The van der Waals surface area contributed by atoms with E-state index in [4.69, 9.17) is 4.74 Å². The summed E-state index contributed by atoms with van der Waals surface area (Å²) in [4.78, 5) is 16.8. The van der Waals surface area contributed by atoms with Crippen molar-refractivity contribution in [3.05, 3.63) is 59.7 Å². The molecule has 1 N–H and O–H groups in total. The van der Waals surface area contributed by atoms with Gasteiger partial charge >= 0.3 is 0 Å². The van der Waals surface area contributed by atoms with Crippen molar-refractivity contribution in [1.82, 2.24) is 4.90 Å². The molecule has 2 aromatic rings. The number of hydrogen-bond donors (Lipinski definition) is 1. The first kappa shape index (κ1) is 19.3. The first-order valence-corrected chi connectivity index (χ1v) is 8.89. The number of carbonyl (C=O) groups excluding carboxylic acids is 1. The molecule has 1 aliphatic heterocycles. The molecule has 3 rings (SSSR count). The van der Waals surface area contributed by atoms with Crippen LogP contribution >= 0.6 is 0 Å². The standard InChI is InChI=1S/C20H23F2N3O2/c1-27-13-12-24-8-10-25(11-9-24)17-5-3-16(4-6-17)23-20(26)15-2-7-18(21)19(22)14-15/h2-7,14H,8-13H2,1H3,(H,23,26). The maximum absolute atomic E-state index is 13.3. The van der Waals surface area contributed by atoms with E-state index in [1.807, 2.05) is 24.3 Å². The lowest BCUT2D eigenvalue weighted by atomic mass is 10.2. The van der Waals surface area contributed by atoms with Crippen LogP contribution in [0.25, 0.3) is 0 Å². The molecular weight excluding hydrogens is 352 g/mol. The van der Waals surface area contributed by atoms with E-state index in [9.17, 15) is 13.6 Å². The zero-order chi connectivity index (χ0) is 19.2. The van der Waals surface area contributed by atoms with Crippen molar-refractivity contribution < 1.29 is 18.3 Å². The molecule has 5 nitrogen and oxygen atoms in total. The number of methoxy groups -OCH3 is 1. The predicted octanol–water partition coefficient (Wildman–Crippen LogP) is 2.99. The molecule has 1 aliphatic rings. The van der Waals surface area contributed by atoms with Gasteiger partial charge in [0.05, 0.1) is 6.61 Å². The Labute approximate surface area is 157 Å². The highest BCUT2D eigenvalue weighted by Gasteiger charge is 2.17. The minimum Gasteiger partial charge on any atom is -0.383 e. The van der Waals surface area contributed by atoms with Crippen molar-refractivity contribution in [2.45, 2.75) is 0 Å². The Balaban J connectivity index is 1.56. The van der Waals surface area contributed by atoms with Gasteiger partial charge in [-0.05, 0) is 42.5 Å². The molecule has 1 saturated heterocycles.